The van der Waals surface area contributed by atoms with E-state index in [1.54, 1.807) is 0 Å². The number of halogens is 1. The predicted molar refractivity (Wildman–Crippen MR) is 179 cm³/mol. The van der Waals surface area contributed by atoms with Crippen LogP contribution >= 0.6 is 7.26 Å². The summed E-state index contributed by atoms with van der Waals surface area (Å²) in [4.78, 5) is 0. The quantitative estimate of drug-likeness (QED) is 0.0546. The smallest absolute Gasteiger partial charge is 0.157 e. The van der Waals surface area contributed by atoms with E-state index in [1.807, 2.05) is 0 Å². The number of allylic oxidation sites excluding steroid dienone is 1. The minimum atomic E-state index is -0.907. The minimum absolute atomic E-state index is 0. The van der Waals surface area contributed by atoms with Gasteiger partial charge in [-0.05, 0) is 56.2 Å². The van der Waals surface area contributed by atoms with Crippen LogP contribution in [0.4, 0.5) is 0 Å². The van der Waals surface area contributed by atoms with Crippen molar-refractivity contribution in [3.63, 3.8) is 0 Å². The van der Waals surface area contributed by atoms with Crippen molar-refractivity contribution in [2.24, 2.45) is 0 Å². The van der Waals surface area contributed by atoms with E-state index in [1.165, 1.54) is 133 Å². The summed E-state index contributed by atoms with van der Waals surface area (Å²) in [6, 6.07) is 9.19. The van der Waals surface area contributed by atoms with Gasteiger partial charge in [0.05, 0.1) is 25.3 Å². The molecule has 0 radical (unpaired) electrons. The van der Waals surface area contributed by atoms with Crippen molar-refractivity contribution in [1.82, 2.24) is 0 Å². The van der Waals surface area contributed by atoms with Crippen LogP contribution < -0.4 is 22.3 Å². The van der Waals surface area contributed by atoms with Gasteiger partial charge in [0.1, 0.15) is 0 Å². The monoisotopic (exact) mass is 640 g/mol. The summed E-state index contributed by atoms with van der Waals surface area (Å²) in [6.07, 6.45) is 30.5. The summed E-state index contributed by atoms with van der Waals surface area (Å²) in [5.41, 5.74) is 1.33. The zero-order valence-corrected chi connectivity index (χ0v) is 29.7. The first-order valence-electron chi connectivity index (χ1n) is 16.8. The number of benzene rings is 1. The van der Waals surface area contributed by atoms with E-state index in [0.29, 0.717) is 0 Å². The molecule has 0 N–H and O–H groups in total. The third-order valence-electron chi connectivity index (χ3n) is 7.64. The van der Waals surface area contributed by atoms with Crippen molar-refractivity contribution >= 4 is 18.6 Å². The molecule has 0 spiro atoms. The molecule has 0 aliphatic rings. The molecule has 0 aliphatic heterocycles. The van der Waals surface area contributed by atoms with Crippen molar-refractivity contribution in [2.75, 3.05) is 33.2 Å². The van der Waals surface area contributed by atoms with Gasteiger partial charge in [-0.3, -0.25) is 0 Å². The highest BCUT2D eigenvalue weighted by atomic mass is 79.9. The average Bonchev–Trinajstić information content (AvgIpc) is 2.92. The zero-order chi connectivity index (χ0) is 28.4. The highest BCUT2D eigenvalue weighted by Crippen LogP contribution is 2.44. The maximum absolute atomic E-state index is 6.20. The van der Waals surface area contributed by atoms with Crippen molar-refractivity contribution in [1.29, 1.82) is 0 Å². The van der Waals surface area contributed by atoms with Gasteiger partial charge in [-0.25, -0.2) is 0 Å². The second kappa shape index (κ2) is 27.6. The van der Waals surface area contributed by atoms with E-state index >= 15 is 0 Å². The molecule has 40 heavy (non-hydrogen) atoms. The van der Waals surface area contributed by atoms with Gasteiger partial charge in [0.2, 0.25) is 0 Å². The van der Waals surface area contributed by atoms with E-state index < -0.39 is 7.26 Å². The van der Waals surface area contributed by atoms with Crippen LogP contribution in [0.2, 0.25) is 0 Å². The third-order valence-corrected chi connectivity index (χ3v) is 9.49. The number of rotatable bonds is 27. The van der Waals surface area contributed by atoms with Gasteiger partial charge in [-0.15, -0.1) is 0 Å². The van der Waals surface area contributed by atoms with Gasteiger partial charge in [-0.2, -0.15) is 0 Å². The van der Waals surface area contributed by atoms with E-state index in [9.17, 15) is 0 Å². The first-order valence-corrected chi connectivity index (χ1v) is 19.9. The molecule has 0 saturated heterocycles. The lowest BCUT2D eigenvalue weighted by Gasteiger charge is -2.19. The van der Waals surface area contributed by atoms with Gasteiger partial charge in [0, 0.05) is 20.5 Å². The van der Waals surface area contributed by atoms with Crippen LogP contribution in [-0.2, 0) is 9.47 Å². The van der Waals surface area contributed by atoms with E-state index in [-0.39, 0.29) is 23.3 Å². The van der Waals surface area contributed by atoms with Crippen molar-refractivity contribution in [3.05, 3.63) is 35.9 Å². The molecular weight excluding hydrogens is 575 g/mol. The second-order valence-electron chi connectivity index (χ2n) is 12.4. The van der Waals surface area contributed by atoms with E-state index in [2.05, 4.69) is 70.3 Å². The van der Waals surface area contributed by atoms with Crippen LogP contribution in [0.3, 0.4) is 0 Å². The fourth-order valence-corrected chi connectivity index (χ4v) is 5.98. The Hall–Kier alpha value is -0.210. The molecule has 1 aromatic carbocycles. The Morgan fingerprint density at radius 2 is 1.05 bits per heavy atom. The van der Waals surface area contributed by atoms with Crippen LogP contribution in [0.25, 0.3) is 6.08 Å². The summed E-state index contributed by atoms with van der Waals surface area (Å²) in [6.45, 7) is 13.4. The SMILES string of the molecule is CCCCCCCCOC(CCCCCCCCC=Cc1ccc([P+](C)(C)C)cc1)OCCCCCCCC.[Br-]. The molecular formula is C36H66BrO2P. The van der Waals surface area contributed by atoms with Crippen molar-refractivity contribution < 1.29 is 26.5 Å². The highest BCUT2D eigenvalue weighted by molar-refractivity contribution is 7.80. The Balaban J connectivity index is 0.0000152. The molecule has 1 rings (SSSR count). The van der Waals surface area contributed by atoms with Crippen LogP contribution in [0.15, 0.2) is 30.3 Å². The van der Waals surface area contributed by atoms with Gasteiger partial charge < -0.3 is 26.5 Å². The molecule has 1 aromatic rings. The normalized spacial score (nSPS) is 11.9. The third kappa shape index (κ3) is 23.4. The minimum Gasteiger partial charge on any atom is -1.00 e. The molecule has 2 nitrogen and oxygen atoms in total. The molecule has 0 heterocycles. The summed E-state index contributed by atoms with van der Waals surface area (Å²) in [5.74, 6) is 0. The molecule has 0 bridgehead atoms. The molecule has 4 heteroatoms. The summed E-state index contributed by atoms with van der Waals surface area (Å²) in [7, 11) is -0.907. The molecule has 0 aliphatic carbocycles. The van der Waals surface area contributed by atoms with Crippen LogP contribution in [0, 0.1) is 0 Å². The summed E-state index contributed by atoms with van der Waals surface area (Å²) in [5, 5.41) is 1.51. The standard InChI is InChI=1S/C36H66O2P.BrH/c1-6-8-10-12-20-24-32-37-36(38-33-25-21-13-11-9-7-2)27-23-19-17-15-14-16-18-22-26-34-28-30-35(31-29-34)39(3,4)5;/h22,26,28-31,36H,6-21,23-25,27,32-33H2,1-5H3;1H/q+1;/p-1. The Morgan fingerprint density at radius 1 is 0.600 bits per heavy atom. The van der Waals surface area contributed by atoms with Crippen molar-refractivity contribution in [3.8, 4) is 0 Å². The number of ether oxygens (including phenoxy) is 2. The summed E-state index contributed by atoms with van der Waals surface area (Å²) >= 11 is 0. The Kier molecular flexibility index (Phi) is 27.5. The van der Waals surface area contributed by atoms with Gasteiger partial charge in [-0.1, -0.05) is 128 Å². The number of hydrogen-bond acceptors (Lipinski definition) is 2. The first-order chi connectivity index (χ1) is 19.0. The molecule has 0 atom stereocenters. The van der Waals surface area contributed by atoms with E-state index in [0.717, 1.165) is 19.6 Å². The molecule has 0 saturated carbocycles. The fourth-order valence-electron chi connectivity index (χ4n) is 4.94. The maximum Gasteiger partial charge on any atom is 0.157 e. The Morgan fingerprint density at radius 3 is 1.55 bits per heavy atom. The molecule has 0 aromatic heterocycles. The number of unbranched alkanes of at least 4 members (excludes halogenated alkanes) is 16. The van der Waals surface area contributed by atoms with E-state index in [4.69, 9.17) is 9.47 Å². The lowest BCUT2D eigenvalue weighted by Crippen LogP contribution is -3.00. The highest BCUT2D eigenvalue weighted by Gasteiger charge is 2.20. The first kappa shape index (κ1) is 39.8. The van der Waals surface area contributed by atoms with Crippen LogP contribution in [0.5, 0.6) is 0 Å². The average molecular weight is 642 g/mol. The molecule has 0 unspecified atom stereocenters. The number of hydrogen-bond donors (Lipinski definition) is 0. The maximum atomic E-state index is 6.20. The van der Waals surface area contributed by atoms with Gasteiger partial charge in [0.25, 0.3) is 0 Å². The lowest BCUT2D eigenvalue weighted by molar-refractivity contribution is -0.148. The Bertz CT molecular complexity index is 665. The lowest BCUT2D eigenvalue weighted by atomic mass is 10.1. The molecule has 0 amide bonds. The fraction of sp³-hybridized carbons (Fsp3) is 0.778. The van der Waals surface area contributed by atoms with Crippen molar-refractivity contribution in [2.45, 2.75) is 149 Å². The largest absolute Gasteiger partial charge is 1.00 e. The second-order valence-corrected chi connectivity index (χ2v) is 17.0. The summed E-state index contributed by atoms with van der Waals surface area (Å²) < 4.78 is 12.4. The van der Waals surface area contributed by atoms with Gasteiger partial charge >= 0.3 is 0 Å². The predicted octanol–water partition coefficient (Wildman–Crippen LogP) is 8.44. The van der Waals surface area contributed by atoms with Crippen LogP contribution in [0.1, 0.15) is 148 Å². The van der Waals surface area contributed by atoms with Crippen LogP contribution in [-0.4, -0.2) is 39.5 Å². The topological polar surface area (TPSA) is 18.5 Å². The molecule has 0 fully saturated rings. The van der Waals surface area contributed by atoms with Gasteiger partial charge in [0.15, 0.2) is 6.29 Å². The Labute approximate surface area is 262 Å². The zero-order valence-electron chi connectivity index (χ0n) is 27.2. The molecule has 234 valence electrons.